The summed E-state index contributed by atoms with van der Waals surface area (Å²) in [5, 5.41) is 11.9. The molecule has 0 aliphatic heterocycles. The van der Waals surface area contributed by atoms with Crippen LogP contribution in [0.2, 0.25) is 0 Å². The Morgan fingerprint density at radius 1 is 1.50 bits per heavy atom. The average molecular weight is 320 g/mol. The second-order valence-corrected chi connectivity index (χ2v) is 6.37. The van der Waals surface area contributed by atoms with Crippen molar-refractivity contribution in [3.63, 3.8) is 0 Å². The van der Waals surface area contributed by atoms with E-state index in [1.54, 1.807) is 6.08 Å². The van der Waals surface area contributed by atoms with Crippen molar-refractivity contribution < 1.29 is 4.79 Å². The molecule has 5 nitrogen and oxygen atoms in total. The van der Waals surface area contributed by atoms with Crippen LogP contribution in [0.25, 0.3) is 0 Å². The molecule has 1 heterocycles. The molecule has 0 atom stereocenters. The summed E-state index contributed by atoms with van der Waals surface area (Å²) in [6, 6.07) is 0. The van der Waals surface area contributed by atoms with Crippen LogP contribution < -0.4 is 5.32 Å². The zero-order chi connectivity index (χ0) is 15.8. The van der Waals surface area contributed by atoms with Gasteiger partial charge in [-0.1, -0.05) is 29.5 Å². The zero-order valence-corrected chi connectivity index (χ0v) is 14.0. The van der Waals surface area contributed by atoms with E-state index < -0.39 is 0 Å². The molecule has 0 aromatic carbocycles. The third-order valence-electron chi connectivity index (χ3n) is 3.70. The lowest BCUT2D eigenvalue weighted by Crippen LogP contribution is -2.26. The molecule has 1 aromatic rings. The summed E-state index contributed by atoms with van der Waals surface area (Å²) in [7, 11) is 0. The molecule has 0 bridgehead atoms. The van der Waals surface area contributed by atoms with Crippen molar-refractivity contribution in [2.75, 3.05) is 12.3 Å². The second-order valence-electron chi connectivity index (χ2n) is 5.43. The van der Waals surface area contributed by atoms with Crippen molar-refractivity contribution in [3.05, 3.63) is 30.1 Å². The molecule has 0 unspecified atom stereocenters. The van der Waals surface area contributed by atoms with Crippen molar-refractivity contribution in [1.82, 2.24) is 20.1 Å². The number of hydrogen-bond acceptors (Lipinski definition) is 4. The Balaban J connectivity index is 1.71. The molecule has 6 heteroatoms. The summed E-state index contributed by atoms with van der Waals surface area (Å²) < 4.78 is 1.96. The maximum Gasteiger partial charge on any atom is 0.230 e. The number of nitrogens with one attached hydrogen (secondary N) is 1. The van der Waals surface area contributed by atoms with Crippen LogP contribution in [-0.4, -0.2) is 33.0 Å². The lowest BCUT2D eigenvalue weighted by molar-refractivity contribution is -0.118. The molecule has 0 spiro atoms. The minimum absolute atomic E-state index is 0.0483. The Hall–Kier alpha value is -1.56. The number of allylic oxidation sites excluding steroid dienone is 2. The Morgan fingerprint density at radius 2 is 2.36 bits per heavy atom. The summed E-state index contributed by atoms with van der Waals surface area (Å²) in [6.07, 6.45) is 10.1. The highest BCUT2D eigenvalue weighted by Crippen LogP contribution is 2.19. The number of aryl methyl sites for hydroxylation is 1. The van der Waals surface area contributed by atoms with Crippen LogP contribution in [0.3, 0.4) is 0 Å². The van der Waals surface area contributed by atoms with Crippen molar-refractivity contribution in [3.8, 4) is 0 Å². The number of nitrogens with zero attached hydrogens (tertiary/aromatic N) is 3. The van der Waals surface area contributed by atoms with Crippen LogP contribution in [0.5, 0.6) is 0 Å². The summed E-state index contributed by atoms with van der Waals surface area (Å²) in [4.78, 5) is 11.9. The smallest absolute Gasteiger partial charge is 0.230 e. The van der Waals surface area contributed by atoms with Gasteiger partial charge in [-0.3, -0.25) is 4.79 Å². The van der Waals surface area contributed by atoms with Gasteiger partial charge in [0.2, 0.25) is 5.91 Å². The van der Waals surface area contributed by atoms with Crippen LogP contribution in [-0.2, 0) is 11.3 Å². The van der Waals surface area contributed by atoms with Crippen molar-refractivity contribution in [2.45, 2.75) is 50.7 Å². The van der Waals surface area contributed by atoms with E-state index in [1.807, 2.05) is 11.5 Å². The minimum Gasteiger partial charge on any atom is -0.355 e. The van der Waals surface area contributed by atoms with E-state index in [0.29, 0.717) is 12.3 Å². The Labute approximate surface area is 136 Å². The van der Waals surface area contributed by atoms with Gasteiger partial charge in [-0.2, -0.15) is 0 Å². The molecule has 1 aliphatic rings. The van der Waals surface area contributed by atoms with E-state index in [-0.39, 0.29) is 5.91 Å². The number of carbonyl (C=O) groups is 1. The molecule has 1 N–H and O–H groups in total. The van der Waals surface area contributed by atoms with Gasteiger partial charge in [0, 0.05) is 13.1 Å². The van der Waals surface area contributed by atoms with E-state index in [2.05, 4.69) is 28.2 Å². The monoisotopic (exact) mass is 320 g/mol. The van der Waals surface area contributed by atoms with Crippen LogP contribution in [0, 0.1) is 6.92 Å². The first kappa shape index (κ1) is 16.8. The van der Waals surface area contributed by atoms with E-state index in [0.717, 1.165) is 23.9 Å². The number of aromatic nitrogens is 3. The predicted octanol–water partition coefficient (Wildman–Crippen LogP) is 2.87. The number of carbonyl (C=O) groups excluding carboxylic acids is 1. The SMILES string of the molecule is C=CCn1c(C)nnc1SCC(=O)NCCC1=CCCCC1. The molecular weight excluding hydrogens is 296 g/mol. The fourth-order valence-corrected chi connectivity index (χ4v) is 3.31. The zero-order valence-electron chi connectivity index (χ0n) is 13.2. The standard InChI is InChI=1S/C16H24N4OS/c1-3-11-20-13(2)18-19-16(20)22-12-15(21)17-10-9-14-7-5-4-6-8-14/h3,7H,1,4-6,8-12H2,2H3,(H,17,21). The molecule has 1 aliphatic carbocycles. The van der Waals surface area contributed by atoms with Crippen LogP contribution in [0.4, 0.5) is 0 Å². The first-order chi connectivity index (χ1) is 10.7. The normalized spacial score (nSPS) is 14.5. The number of rotatable bonds is 8. The Kier molecular flexibility index (Phi) is 6.71. The molecular formula is C16H24N4OS. The van der Waals surface area contributed by atoms with Crippen LogP contribution >= 0.6 is 11.8 Å². The quantitative estimate of drug-likeness (QED) is 0.591. The molecule has 2 rings (SSSR count). The Morgan fingerprint density at radius 3 is 3.09 bits per heavy atom. The average Bonchev–Trinajstić information content (AvgIpc) is 2.87. The van der Waals surface area contributed by atoms with E-state index in [4.69, 9.17) is 0 Å². The molecule has 1 aromatic heterocycles. The molecule has 0 radical (unpaired) electrons. The Bertz CT molecular complexity index is 550. The molecule has 120 valence electrons. The van der Waals surface area contributed by atoms with Gasteiger partial charge in [-0.25, -0.2) is 0 Å². The fraction of sp³-hybridized carbons (Fsp3) is 0.562. The third kappa shape index (κ3) is 5.02. The number of thioether (sulfide) groups is 1. The first-order valence-electron chi connectivity index (χ1n) is 7.79. The fourth-order valence-electron chi connectivity index (χ4n) is 2.48. The summed E-state index contributed by atoms with van der Waals surface area (Å²) >= 11 is 1.42. The summed E-state index contributed by atoms with van der Waals surface area (Å²) in [5.41, 5.74) is 1.49. The molecule has 22 heavy (non-hydrogen) atoms. The van der Waals surface area contributed by atoms with E-state index in [1.165, 1.54) is 43.0 Å². The van der Waals surface area contributed by atoms with Crippen LogP contribution in [0.1, 0.15) is 37.9 Å². The largest absolute Gasteiger partial charge is 0.355 e. The second kappa shape index (κ2) is 8.78. The highest BCUT2D eigenvalue weighted by Gasteiger charge is 2.11. The highest BCUT2D eigenvalue weighted by atomic mass is 32.2. The van der Waals surface area contributed by atoms with Gasteiger partial charge in [0.15, 0.2) is 5.16 Å². The van der Waals surface area contributed by atoms with Gasteiger partial charge in [-0.15, -0.1) is 16.8 Å². The maximum atomic E-state index is 11.9. The van der Waals surface area contributed by atoms with Gasteiger partial charge in [-0.05, 0) is 39.0 Å². The van der Waals surface area contributed by atoms with Crippen molar-refractivity contribution >= 4 is 17.7 Å². The highest BCUT2D eigenvalue weighted by molar-refractivity contribution is 7.99. The molecule has 0 saturated carbocycles. The minimum atomic E-state index is 0.0483. The van der Waals surface area contributed by atoms with Crippen molar-refractivity contribution in [2.24, 2.45) is 0 Å². The van der Waals surface area contributed by atoms with E-state index >= 15 is 0 Å². The third-order valence-corrected chi connectivity index (χ3v) is 4.67. The van der Waals surface area contributed by atoms with Gasteiger partial charge in [0.25, 0.3) is 0 Å². The number of hydrogen-bond donors (Lipinski definition) is 1. The lowest BCUT2D eigenvalue weighted by atomic mass is 9.97. The maximum absolute atomic E-state index is 11.9. The van der Waals surface area contributed by atoms with Gasteiger partial charge >= 0.3 is 0 Å². The van der Waals surface area contributed by atoms with Crippen LogP contribution in [0.15, 0.2) is 29.5 Å². The molecule has 1 amide bonds. The van der Waals surface area contributed by atoms with Crippen molar-refractivity contribution in [1.29, 1.82) is 0 Å². The summed E-state index contributed by atoms with van der Waals surface area (Å²) in [5.74, 6) is 1.26. The van der Waals surface area contributed by atoms with Gasteiger partial charge in [0.05, 0.1) is 5.75 Å². The lowest BCUT2D eigenvalue weighted by Gasteiger charge is -2.12. The summed E-state index contributed by atoms with van der Waals surface area (Å²) in [6.45, 7) is 7.02. The van der Waals surface area contributed by atoms with Gasteiger partial charge in [0.1, 0.15) is 5.82 Å². The van der Waals surface area contributed by atoms with E-state index in [9.17, 15) is 4.79 Å². The molecule has 0 fully saturated rings. The number of amides is 1. The predicted molar refractivity (Wildman–Crippen MR) is 89.9 cm³/mol. The van der Waals surface area contributed by atoms with Gasteiger partial charge < -0.3 is 9.88 Å². The first-order valence-corrected chi connectivity index (χ1v) is 8.77. The topological polar surface area (TPSA) is 59.8 Å². The molecule has 0 saturated heterocycles.